The van der Waals surface area contributed by atoms with Gasteiger partial charge in [-0.25, -0.2) is 0 Å². The van der Waals surface area contributed by atoms with Gasteiger partial charge < -0.3 is 9.30 Å². The number of piperidine rings is 1. The highest BCUT2D eigenvalue weighted by Crippen LogP contribution is 2.23. The fourth-order valence-corrected chi connectivity index (χ4v) is 4.42. The quantitative estimate of drug-likeness (QED) is 0.436. The Bertz CT molecular complexity index is 799. The zero-order valence-electron chi connectivity index (χ0n) is 18.5. The van der Waals surface area contributed by atoms with Crippen LogP contribution in [0.2, 0.25) is 0 Å². The first-order valence-corrected chi connectivity index (χ1v) is 11.1. The molecule has 2 aromatic rings. The molecule has 0 atom stereocenters. The van der Waals surface area contributed by atoms with Crippen molar-refractivity contribution in [2.45, 2.75) is 65.4 Å². The molecule has 158 valence electrons. The molecule has 4 heteroatoms. The second-order valence-corrected chi connectivity index (χ2v) is 8.38. The minimum atomic E-state index is 0.219. The van der Waals surface area contributed by atoms with E-state index in [1.807, 2.05) is 0 Å². The molecule has 4 nitrogen and oxygen atoms in total. The number of hydrogen-bond acceptors (Lipinski definition) is 3. The van der Waals surface area contributed by atoms with Crippen LogP contribution in [-0.2, 0) is 11.2 Å². The van der Waals surface area contributed by atoms with E-state index in [1.54, 1.807) is 7.11 Å². The summed E-state index contributed by atoms with van der Waals surface area (Å²) in [5.41, 5.74) is 5.53. The lowest BCUT2D eigenvalue weighted by Crippen LogP contribution is -2.39. The van der Waals surface area contributed by atoms with Crippen molar-refractivity contribution in [3.63, 3.8) is 0 Å². The van der Waals surface area contributed by atoms with Gasteiger partial charge in [-0.05, 0) is 63.3 Å². The van der Waals surface area contributed by atoms with Crippen molar-refractivity contribution in [1.82, 2.24) is 9.47 Å². The van der Waals surface area contributed by atoms with Gasteiger partial charge in [-0.15, -0.1) is 0 Å². The number of likely N-dealkylation sites (tertiary alicyclic amines) is 1. The fraction of sp³-hybridized carbons (Fsp3) is 0.560. The van der Waals surface area contributed by atoms with Gasteiger partial charge in [0.05, 0.1) is 12.6 Å². The van der Waals surface area contributed by atoms with Crippen LogP contribution in [0.4, 0.5) is 0 Å². The van der Waals surface area contributed by atoms with Gasteiger partial charge in [-0.3, -0.25) is 9.69 Å². The molecule has 1 aliphatic heterocycles. The van der Waals surface area contributed by atoms with Crippen LogP contribution in [-0.4, -0.2) is 48.1 Å². The van der Waals surface area contributed by atoms with Gasteiger partial charge in [0.1, 0.15) is 0 Å². The molecule has 0 aliphatic carbocycles. The van der Waals surface area contributed by atoms with E-state index in [1.165, 1.54) is 24.8 Å². The Kier molecular flexibility index (Phi) is 7.68. The smallest absolute Gasteiger partial charge is 0.178 e. The minimum absolute atomic E-state index is 0.219. The summed E-state index contributed by atoms with van der Waals surface area (Å²) in [4.78, 5) is 15.3. The summed E-state index contributed by atoms with van der Waals surface area (Å²) in [6.45, 7) is 8.75. The monoisotopic (exact) mass is 396 g/mol. The average Bonchev–Trinajstić information content (AvgIpc) is 3.03. The maximum absolute atomic E-state index is 13.0. The summed E-state index contributed by atoms with van der Waals surface area (Å²) in [6.07, 6.45) is 7.28. The van der Waals surface area contributed by atoms with Crippen molar-refractivity contribution in [2.75, 3.05) is 26.7 Å². The molecule has 0 amide bonds. The predicted molar refractivity (Wildman–Crippen MR) is 119 cm³/mol. The Morgan fingerprint density at radius 3 is 2.41 bits per heavy atom. The first-order valence-electron chi connectivity index (χ1n) is 11.1. The second-order valence-electron chi connectivity index (χ2n) is 8.38. The summed E-state index contributed by atoms with van der Waals surface area (Å²) < 4.78 is 7.65. The van der Waals surface area contributed by atoms with Crippen LogP contribution >= 0.6 is 0 Å². The van der Waals surface area contributed by atoms with Gasteiger partial charge >= 0.3 is 0 Å². The van der Waals surface area contributed by atoms with E-state index < -0.39 is 0 Å². The van der Waals surface area contributed by atoms with Crippen molar-refractivity contribution in [3.05, 3.63) is 52.8 Å². The number of rotatable bonds is 9. The van der Waals surface area contributed by atoms with Crippen molar-refractivity contribution in [2.24, 2.45) is 0 Å². The van der Waals surface area contributed by atoms with Crippen LogP contribution in [0.5, 0.6) is 0 Å². The standard InChI is InChI=1S/C25H36N2O2/c1-5-6-7-8-21-9-11-22(12-10-21)27-19(2)17-24(20(27)3)25(28)18-26-15-13-23(29-4)14-16-26/h9-12,17,23H,5-8,13-16,18H2,1-4H3. The zero-order chi connectivity index (χ0) is 20.8. The van der Waals surface area contributed by atoms with Gasteiger partial charge in [0.2, 0.25) is 0 Å². The van der Waals surface area contributed by atoms with Crippen molar-refractivity contribution < 1.29 is 9.53 Å². The highest BCUT2D eigenvalue weighted by atomic mass is 16.5. The van der Waals surface area contributed by atoms with Crippen molar-refractivity contribution in [1.29, 1.82) is 0 Å². The molecule has 1 saturated heterocycles. The number of ketones is 1. The molecule has 1 aromatic heterocycles. The summed E-state index contributed by atoms with van der Waals surface area (Å²) >= 11 is 0. The SMILES string of the molecule is CCCCCc1ccc(-n2c(C)cc(C(=O)CN3CCC(OC)CC3)c2C)cc1. The molecule has 0 bridgehead atoms. The lowest BCUT2D eigenvalue weighted by atomic mass is 10.1. The topological polar surface area (TPSA) is 34.5 Å². The molecule has 29 heavy (non-hydrogen) atoms. The molecule has 0 N–H and O–H groups in total. The molecule has 0 spiro atoms. The Morgan fingerprint density at radius 1 is 1.10 bits per heavy atom. The summed E-state index contributed by atoms with van der Waals surface area (Å²) in [5.74, 6) is 0.219. The Morgan fingerprint density at radius 2 is 1.79 bits per heavy atom. The maximum Gasteiger partial charge on any atom is 0.178 e. The Balaban J connectivity index is 1.69. The molecule has 0 saturated carbocycles. The number of aromatic nitrogens is 1. The van der Waals surface area contributed by atoms with Crippen LogP contribution in [0.25, 0.3) is 5.69 Å². The summed E-state index contributed by atoms with van der Waals surface area (Å²) in [6, 6.07) is 10.9. The molecular formula is C25H36N2O2. The number of Topliss-reactive ketones (excluding diaryl/α,β-unsaturated/α-hetero) is 1. The number of methoxy groups -OCH3 is 1. The van der Waals surface area contributed by atoms with Gasteiger partial charge in [-0.2, -0.15) is 0 Å². The number of carbonyl (C=O) groups is 1. The lowest BCUT2D eigenvalue weighted by molar-refractivity contribution is 0.0401. The molecule has 1 aromatic carbocycles. The number of carbonyl (C=O) groups excluding carboxylic acids is 1. The van der Waals surface area contributed by atoms with Crippen LogP contribution < -0.4 is 0 Å². The number of aryl methyl sites for hydroxylation is 2. The highest BCUT2D eigenvalue weighted by Gasteiger charge is 2.23. The number of ether oxygens (including phenoxy) is 1. The molecular weight excluding hydrogens is 360 g/mol. The largest absolute Gasteiger partial charge is 0.381 e. The number of benzene rings is 1. The number of unbranched alkanes of at least 4 members (excludes halogenated alkanes) is 2. The van der Waals surface area contributed by atoms with E-state index in [4.69, 9.17) is 4.74 Å². The minimum Gasteiger partial charge on any atom is -0.381 e. The van der Waals surface area contributed by atoms with E-state index in [0.29, 0.717) is 12.6 Å². The summed E-state index contributed by atoms with van der Waals surface area (Å²) in [7, 11) is 1.78. The molecule has 1 fully saturated rings. The molecule has 3 rings (SSSR count). The predicted octanol–water partition coefficient (Wildman–Crippen LogP) is 5.12. The van der Waals surface area contributed by atoms with Gasteiger partial charge in [0.25, 0.3) is 0 Å². The van der Waals surface area contributed by atoms with Crippen molar-refractivity contribution >= 4 is 5.78 Å². The fourth-order valence-electron chi connectivity index (χ4n) is 4.42. The van der Waals surface area contributed by atoms with E-state index in [0.717, 1.165) is 55.0 Å². The van der Waals surface area contributed by atoms with Crippen LogP contribution in [0.15, 0.2) is 30.3 Å². The van der Waals surface area contributed by atoms with Gasteiger partial charge in [0, 0.05) is 42.8 Å². The average molecular weight is 397 g/mol. The van der Waals surface area contributed by atoms with E-state index in [-0.39, 0.29) is 5.78 Å². The third-order valence-corrected chi connectivity index (χ3v) is 6.23. The van der Waals surface area contributed by atoms with Crippen LogP contribution in [0.1, 0.15) is 66.3 Å². The van der Waals surface area contributed by atoms with Crippen LogP contribution in [0.3, 0.4) is 0 Å². The van der Waals surface area contributed by atoms with E-state index in [9.17, 15) is 4.79 Å². The number of hydrogen-bond donors (Lipinski definition) is 0. The first-order chi connectivity index (χ1) is 14.0. The molecule has 2 heterocycles. The Labute approximate surface area is 175 Å². The highest BCUT2D eigenvalue weighted by molar-refractivity contribution is 5.99. The zero-order valence-corrected chi connectivity index (χ0v) is 18.5. The Hall–Kier alpha value is -1.91. The normalized spacial score (nSPS) is 15.7. The maximum atomic E-state index is 13.0. The molecule has 0 unspecified atom stereocenters. The third kappa shape index (κ3) is 5.37. The lowest BCUT2D eigenvalue weighted by Gasteiger charge is -2.30. The summed E-state index contributed by atoms with van der Waals surface area (Å²) in [5, 5.41) is 0. The van der Waals surface area contributed by atoms with E-state index >= 15 is 0 Å². The van der Waals surface area contributed by atoms with Gasteiger partial charge in [-0.1, -0.05) is 31.9 Å². The number of nitrogens with zero attached hydrogens (tertiary/aromatic N) is 2. The van der Waals surface area contributed by atoms with Gasteiger partial charge in [0.15, 0.2) is 5.78 Å². The first kappa shape index (κ1) is 21.8. The molecule has 0 radical (unpaired) electrons. The second kappa shape index (κ2) is 10.2. The molecule has 1 aliphatic rings. The van der Waals surface area contributed by atoms with Crippen molar-refractivity contribution in [3.8, 4) is 5.69 Å². The third-order valence-electron chi connectivity index (χ3n) is 6.23. The van der Waals surface area contributed by atoms with E-state index in [2.05, 4.69) is 60.6 Å². The van der Waals surface area contributed by atoms with Crippen LogP contribution in [0, 0.1) is 13.8 Å².